The molecule has 3 rings (SSSR count). The van der Waals surface area contributed by atoms with Gasteiger partial charge in [0.15, 0.2) is 6.61 Å². The molecule has 130 valence electrons. The van der Waals surface area contributed by atoms with Gasteiger partial charge in [-0.1, -0.05) is 24.3 Å². The number of nitrogens with two attached hydrogens (primary N) is 1. The van der Waals surface area contributed by atoms with Gasteiger partial charge in [0.1, 0.15) is 5.75 Å². The van der Waals surface area contributed by atoms with E-state index in [0.29, 0.717) is 24.5 Å². The van der Waals surface area contributed by atoms with E-state index in [9.17, 15) is 9.59 Å². The van der Waals surface area contributed by atoms with Gasteiger partial charge in [-0.15, -0.1) is 0 Å². The number of para-hydroxylation sites is 2. The van der Waals surface area contributed by atoms with E-state index in [1.165, 1.54) is 0 Å². The molecule has 0 saturated heterocycles. The van der Waals surface area contributed by atoms with Crippen LogP contribution in [0.2, 0.25) is 0 Å². The third-order valence-electron chi connectivity index (χ3n) is 4.09. The second kappa shape index (κ2) is 7.70. The van der Waals surface area contributed by atoms with Crippen molar-refractivity contribution in [3.05, 3.63) is 54.1 Å². The highest BCUT2D eigenvalue weighted by atomic mass is 16.5. The van der Waals surface area contributed by atoms with Gasteiger partial charge in [0.2, 0.25) is 5.91 Å². The number of nitrogens with one attached hydrogen (secondary N) is 1. The zero-order valence-corrected chi connectivity index (χ0v) is 13.9. The van der Waals surface area contributed by atoms with Crippen LogP contribution in [0.4, 0.5) is 11.4 Å². The number of benzene rings is 2. The maximum atomic E-state index is 12.1. The van der Waals surface area contributed by atoms with Crippen molar-refractivity contribution in [2.24, 2.45) is 0 Å². The summed E-state index contributed by atoms with van der Waals surface area (Å²) in [6, 6.07) is 14.9. The highest BCUT2D eigenvalue weighted by Crippen LogP contribution is 2.31. The fourth-order valence-electron chi connectivity index (χ4n) is 2.73. The molecule has 0 fully saturated rings. The lowest BCUT2D eigenvalue weighted by atomic mass is 10.1. The first kappa shape index (κ1) is 16.8. The largest absolute Gasteiger partial charge is 0.482 e. The van der Waals surface area contributed by atoms with Crippen molar-refractivity contribution >= 4 is 23.2 Å². The van der Waals surface area contributed by atoms with E-state index in [0.717, 1.165) is 17.7 Å². The Kier molecular flexibility index (Phi) is 5.18. The fraction of sp³-hybridized carbons (Fsp3) is 0.263. The summed E-state index contributed by atoms with van der Waals surface area (Å²) in [5.74, 6) is 0.464. The van der Waals surface area contributed by atoms with Gasteiger partial charge in [0.05, 0.1) is 5.69 Å². The molecule has 0 aromatic heterocycles. The minimum absolute atomic E-state index is 0.00969. The number of amides is 2. The van der Waals surface area contributed by atoms with E-state index >= 15 is 0 Å². The summed E-state index contributed by atoms with van der Waals surface area (Å²) in [4.78, 5) is 25.7. The van der Waals surface area contributed by atoms with E-state index < -0.39 is 0 Å². The monoisotopic (exact) mass is 339 g/mol. The van der Waals surface area contributed by atoms with Gasteiger partial charge >= 0.3 is 0 Å². The van der Waals surface area contributed by atoms with Crippen LogP contribution >= 0.6 is 0 Å². The van der Waals surface area contributed by atoms with Crippen molar-refractivity contribution in [1.29, 1.82) is 0 Å². The van der Waals surface area contributed by atoms with Gasteiger partial charge < -0.3 is 20.7 Å². The van der Waals surface area contributed by atoms with Crippen LogP contribution in [-0.4, -0.2) is 31.5 Å². The predicted octanol–water partition coefficient (Wildman–Crippen LogP) is 1.74. The lowest BCUT2D eigenvalue weighted by Crippen LogP contribution is -2.41. The minimum atomic E-state index is -0.131. The van der Waals surface area contributed by atoms with Crippen LogP contribution in [0, 0.1) is 0 Å². The molecule has 6 nitrogen and oxygen atoms in total. The number of hydrogen-bond acceptors (Lipinski definition) is 4. The van der Waals surface area contributed by atoms with Crippen LogP contribution in [0.3, 0.4) is 0 Å². The number of carbonyl (C=O) groups is 2. The van der Waals surface area contributed by atoms with E-state index in [-0.39, 0.29) is 24.8 Å². The molecule has 6 heteroatoms. The SMILES string of the molecule is Nc1ccc(CCNC(=O)CCN2C(=O)COc3ccccc32)cc1. The topological polar surface area (TPSA) is 84.7 Å². The summed E-state index contributed by atoms with van der Waals surface area (Å²) in [5.41, 5.74) is 8.21. The van der Waals surface area contributed by atoms with Crippen molar-refractivity contribution in [1.82, 2.24) is 5.32 Å². The molecule has 0 aliphatic carbocycles. The quantitative estimate of drug-likeness (QED) is 0.785. The lowest BCUT2D eigenvalue weighted by Gasteiger charge is -2.29. The smallest absolute Gasteiger partial charge is 0.265 e. The Hall–Kier alpha value is -3.02. The second-order valence-electron chi connectivity index (χ2n) is 5.89. The van der Waals surface area contributed by atoms with Gasteiger partial charge in [0.25, 0.3) is 5.91 Å². The molecule has 0 saturated carbocycles. The van der Waals surface area contributed by atoms with Gasteiger partial charge in [-0.25, -0.2) is 0 Å². The molecule has 3 N–H and O–H groups in total. The summed E-state index contributed by atoms with van der Waals surface area (Å²) < 4.78 is 5.39. The Labute approximate surface area is 146 Å². The number of rotatable bonds is 6. The number of nitrogen functional groups attached to an aromatic ring is 1. The first-order valence-electron chi connectivity index (χ1n) is 8.27. The average Bonchev–Trinajstić information content (AvgIpc) is 2.62. The van der Waals surface area contributed by atoms with E-state index in [4.69, 9.17) is 10.5 Å². The first-order chi connectivity index (χ1) is 12.1. The number of nitrogens with zero attached hydrogens (tertiary/aromatic N) is 1. The van der Waals surface area contributed by atoms with Crippen molar-refractivity contribution in [3.63, 3.8) is 0 Å². The summed E-state index contributed by atoms with van der Waals surface area (Å²) in [5, 5.41) is 2.88. The molecular formula is C19H21N3O3. The Morgan fingerprint density at radius 1 is 1.16 bits per heavy atom. The van der Waals surface area contributed by atoms with Gasteiger partial charge in [-0.05, 0) is 36.2 Å². The molecule has 1 aliphatic rings. The van der Waals surface area contributed by atoms with Crippen LogP contribution in [-0.2, 0) is 16.0 Å². The van der Waals surface area contributed by atoms with Crippen LogP contribution in [0.1, 0.15) is 12.0 Å². The summed E-state index contributed by atoms with van der Waals surface area (Å²) >= 11 is 0. The number of fused-ring (bicyclic) bond motifs is 1. The standard InChI is InChI=1S/C19H21N3O3/c20-15-7-5-14(6-8-15)9-11-21-18(23)10-12-22-16-3-1-2-4-17(16)25-13-19(22)24/h1-8H,9-13,20H2,(H,21,23). The highest BCUT2D eigenvalue weighted by molar-refractivity contribution is 5.98. The van der Waals surface area contributed by atoms with E-state index in [1.54, 1.807) is 4.90 Å². The molecule has 0 spiro atoms. The van der Waals surface area contributed by atoms with Crippen molar-refractivity contribution in [2.75, 3.05) is 30.3 Å². The van der Waals surface area contributed by atoms with Gasteiger partial charge in [-0.3, -0.25) is 9.59 Å². The molecule has 2 aromatic rings. The van der Waals surface area contributed by atoms with Crippen LogP contribution in [0.15, 0.2) is 48.5 Å². The van der Waals surface area contributed by atoms with Crippen molar-refractivity contribution in [3.8, 4) is 5.75 Å². The third kappa shape index (κ3) is 4.29. The number of ether oxygens (including phenoxy) is 1. The van der Waals surface area contributed by atoms with E-state index in [2.05, 4.69) is 5.32 Å². The number of carbonyl (C=O) groups excluding carboxylic acids is 2. The molecule has 0 bridgehead atoms. The van der Waals surface area contributed by atoms with Crippen LogP contribution < -0.4 is 20.7 Å². The number of anilines is 2. The molecule has 0 unspecified atom stereocenters. The van der Waals surface area contributed by atoms with Gasteiger partial charge in [-0.2, -0.15) is 0 Å². The van der Waals surface area contributed by atoms with Crippen molar-refractivity contribution in [2.45, 2.75) is 12.8 Å². The molecule has 1 aliphatic heterocycles. The maximum absolute atomic E-state index is 12.1. The predicted molar refractivity (Wildman–Crippen MR) is 96.5 cm³/mol. The fourth-order valence-corrected chi connectivity index (χ4v) is 2.73. The Morgan fingerprint density at radius 3 is 2.72 bits per heavy atom. The Bertz CT molecular complexity index is 759. The van der Waals surface area contributed by atoms with Gasteiger partial charge in [0, 0.05) is 25.2 Å². The lowest BCUT2D eigenvalue weighted by molar-refractivity contribution is -0.122. The maximum Gasteiger partial charge on any atom is 0.265 e. The average molecular weight is 339 g/mol. The van der Waals surface area contributed by atoms with Crippen molar-refractivity contribution < 1.29 is 14.3 Å². The van der Waals surface area contributed by atoms with Crippen LogP contribution in [0.5, 0.6) is 5.75 Å². The Balaban J connectivity index is 1.47. The zero-order chi connectivity index (χ0) is 17.6. The molecular weight excluding hydrogens is 318 g/mol. The minimum Gasteiger partial charge on any atom is -0.482 e. The summed E-state index contributed by atoms with van der Waals surface area (Å²) in [6.07, 6.45) is 0.993. The molecule has 2 aromatic carbocycles. The normalized spacial score (nSPS) is 13.1. The first-order valence-corrected chi connectivity index (χ1v) is 8.27. The second-order valence-corrected chi connectivity index (χ2v) is 5.89. The summed E-state index contributed by atoms with van der Waals surface area (Å²) in [7, 11) is 0. The van der Waals surface area contributed by atoms with E-state index in [1.807, 2.05) is 48.5 Å². The third-order valence-corrected chi connectivity index (χ3v) is 4.09. The molecule has 2 amide bonds. The number of hydrogen-bond donors (Lipinski definition) is 2. The zero-order valence-electron chi connectivity index (χ0n) is 13.9. The summed E-state index contributed by atoms with van der Waals surface area (Å²) in [6.45, 7) is 0.902. The molecule has 25 heavy (non-hydrogen) atoms. The Morgan fingerprint density at radius 2 is 1.92 bits per heavy atom. The highest BCUT2D eigenvalue weighted by Gasteiger charge is 2.25. The molecule has 1 heterocycles. The van der Waals surface area contributed by atoms with Crippen LogP contribution in [0.25, 0.3) is 0 Å². The molecule has 0 atom stereocenters. The molecule has 0 radical (unpaired) electrons.